The van der Waals surface area contributed by atoms with Crippen molar-refractivity contribution in [2.45, 2.75) is 226 Å². The lowest BCUT2D eigenvalue weighted by Crippen LogP contribution is -2.29. The maximum absolute atomic E-state index is 12.4. The van der Waals surface area contributed by atoms with Gasteiger partial charge in [-0.25, -0.2) is 4.57 Å². The Morgan fingerprint density at radius 2 is 1.02 bits per heavy atom. The van der Waals surface area contributed by atoms with Gasteiger partial charge in [0.2, 0.25) is 0 Å². The van der Waals surface area contributed by atoms with Crippen LogP contribution in [-0.4, -0.2) is 46.8 Å². The zero-order chi connectivity index (χ0) is 40.7. The molecule has 0 aliphatic carbocycles. The Morgan fingerprint density at radius 1 is 0.564 bits per heavy atom. The topological polar surface area (TPSA) is 136 Å². The Morgan fingerprint density at radius 3 is 1.49 bits per heavy atom. The van der Waals surface area contributed by atoms with Gasteiger partial charge in [0.25, 0.3) is 0 Å². The van der Waals surface area contributed by atoms with E-state index in [4.69, 9.17) is 19.3 Å². The predicted octanol–water partition coefficient (Wildman–Crippen LogP) is 13.0. The number of carbonyl (C=O) groups is 3. The van der Waals surface area contributed by atoms with Crippen molar-refractivity contribution < 1.29 is 42.7 Å². The summed E-state index contributed by atoms with van der Waals surface area (Å²) >= 11 is 0. The number of hydrogen-bond donors (Lipinski definition) is 2. The number of allylic oxidation sites excluding steroid dienone is 4. The van der Waals surface area contributed by atoms with Crippen LogP contribution in [0, 0.1) is 5.92 Å². The van der Waals surface area contributed by atoms with E-state index in [1.807, 2.05) is 12.2 Å². The zero-order valence-electron chi connectivity index (χ0n) is 35.5. The SMILES string of the molecule is CCCCC/C=C\C=C\C(=O)CCCCCCCC(=O)OC[C@H](COP(=O)(O)O)OC(=O)CCCCCCCCCCCCCCCCCCCCC(C)C. The third kappa shape index (κ3) is 43.2. The Bertz CT molecular complexity index is 1020. The molecule has 55 heavy (non-hydrogen) atoms. The fourth-order valence-electron chi connectivity index (χ4n) is 6.48. The number of ketones is 1. The molecule has 0 unspecified atom stereocenters. The summed E-state index contributed by atoms with van der Waals surface area (Å²) in [5.41, 5.74) is 0. The Kier molecular flexibility index (Phi) is 37.8. The average molecular weight is 799 g/mol. The van der Waals surface area contributed by atoms with Crippen LogP contribution < -0.4 is 0 Å². The van der Waals surface area contributed by atoms with Crippen LogP contribution >= 0.6 is 7.82 Å². The Labute approximate surface area is 336 Å². The number of unbranched alkanes of at least 4 members (excludes halogenated alkanes) is 24. The first-order valence-electron chi connectivity index (χ1n) is 22.4. The molecule has 0 spiro atoms. The van der Waals surface area contributed by atoms with Crippen LogP contribution in [0.25, 0.3) is 0 Å². The molecule has 10 heteroatoms. The van der Waals surface area contributed by atoms with Gasteiger partial charge in [-0.05, 0) is 44.1 Å². The molecule has 2 N–H and O–H groups in total. The minimum atomic E-state index is -4.78. The third-order valence-electron chi connectivity index (χ3n) is 9.88. The van der Waals surface area contributed by atoms with Crippen LogP contribution in [0.1, 0.15) is 220 Å². The van der Waals surface area contributed by atoms with Gasteiger partial charge in [-0.3, -0.25) is 18.9 Å². The summed E-state index contributed by atoms with van der Waals surface area (Å²) in [5, 5.41) is 0. The molecule has 0 saturated carbocycles. The van der Waals surface area contributed by atoms with E-state index in [2.05, 4.69) is 31.4 Å². The number of rotatable bonds is 41. The lowest BCUT2D eigenvalue weighted by Gasteiger charge is -2.18. The molecule has 0 amide bonds. The Balaban J connectivity index is 3.91. The predicted molar refractivity (Wildman–Crippen MR) is 226 cm³/mol. The standard InChI is InChI=1S/C45H83O9P/c1-4-5-6-7-20-25-30-35-42(46)36-31-26-23-28-32-37-44(47)52-39-43(40-53-55(49,50)51)54-45(48)38-33-27-22-19-17-15-13-11-9-8-10-12-14-16-18-21-24-29-34-41(2)3/h20,25,30,35,41,43H,4-19,21-24,26-29,31-34,36-40H2,1-3H3,(H2,49,50,51)/b25-20-,35-30+/t43-/m1/s1. The van der Waals surface area contributed by atoms with Crippen molar-refractivity contribution in [2.24, 2.45) is 5.92 Å². The number of esters is 2. The van der Waals surface area contributed by atoms with Crippen LogP contribution in [0.3, 0.4) is 0 Å². The first-order valence-corrected chi connectivity index (χ1v) is 24.0. The van der Waals surface area contributed by atoms with Crippen LogP contribution in [0.2, 0.25) is 0 Å². The van der Waals surface area contributed by atoms with E-state index in [1.54, 1.807) is 6.08 Å². The largest absolute Gasteiger partial charge is 0.469 e. The molecule has 1 atom stereocenters. The summed E-state index contributed by atoms with van der Waals surface area (Å²) < 4.78 is 26.4. The molecule has 0 bridgehead atoms. The smallest absolute Gasteiger partial charge is 0.462 e. The van der Waals surface area contributed by atoms with Crippen molar-refractivity contribution in [2.75, 3.05) is 13.2 Å². The average Bonchev–Trinajstić information content (AvgIpc) is 3.13. The molecule has 0 aromatic heterocycles. The lowest BCUT2D eigenvalue weighted by molar-refractivity contribution is -0.161. The van der Waals surface area contributed by atoms with Crippen molar-refractivity contribution in [3.63, 3.8) is 0 Å². The van der Waals surface area contributed by atoms with E-state index >= 15 is 0 Å². The second-order valence-corrected chi connectivity index (χ2v) is 17.1. The van der Waals surface area contributed by atoms with Crippen molar-refractivity contribution in [3.8, 4) is 0 Å². The highest BCUT2D eigenvalue weighted by molar-refractivity contribution is 7.46. The fraction of sp³-hybridized carbons (Fsp3) is 0.844. The number of phosphoric acid groups is 1. The second-order valence-electron chi connectivity index (χ2n) is 15.9. The highest BCUT2D eigenvalue weighted by Crippen LogP contribution is 2.36. The van der Waals surface area contributed by atoms with Crippen LogP contribution in [0.4, 0.5) is 0 Å². The molecule has 322 valence electrons. The number of carbonyl (C=O) groups excluding carboxylic acids is 3. The number of ether oxygens (including phenoxy) is 2. The molecular weight excluding hydrogens is 715 g/mol. The summed E-state index contributed by atoms with van der Waals surface area (Å²) in [5.74, 6) is -0.00414. The van der Waals surface area contributed by atoms with Gasteiger partial charge in [0.05, 0.1) is 6.61 Å². The quantitative estimate of drug-likeness (QED) is 0.0204. The van der Waals surface area contributed by atoms with Gasteiger partial charge in [0.1, 0.15) is 6.61 Å². The van der Waals surface area contributed by atoms with Crippen molar-refractivity contribution in [3.05, 3.63) is 24.3 Å². The first-order chi connectivity index (χ1) is 26.5. The van der Waals surface area contributed by atoms with E-state index in [-0.39, 0.29) is 25.2 Å². The molecule has 0 saturated heterocycles. The van der Waals surface area contributed by atoms with Crippen molar-refractivity contribution in [1.29, 1.82) is 0 Å². The summed E-state index contributed by atoms with van der Waals surface area (Å²) in [6.07, 6.45) is 40.1. The molecule has 0 aliphatic heterocycles. The highest BCUT2D eigenvalue weighted by Gasteiger charge is 2.23. The van der Waals surface area contributed by atoms with Crippen LogP contribution in [0.5, 0.6) is 0 Å². The van der Waals surface area contributed by atoms with Crippen LogP contribution in [0.15, 0.2) is 24.3 Å². The lowest BCUT2D eigenvalue weighted by atomic mass is 10.0. The molecule has 0 radical (unpaired) electrons. The maximum Gasteiger partial charge on any atom is 0.469 e. The highest BCUT2D eigenvalue weighted by atomic mass is 31.2. The first kappa shape index (κ1) is 53.2. The molecule has 0 aliphatic rings. The summed E-state index contributed by atoms with van der Waals surface area (Å²) in [4.78, 5) is 54.9. The molecule has 0 heterocycles. The summed E-state index contributed by atoms with van der Waals surface area (Å²) in [6, 6.07) is 0. The minimum absolute atomic E-state index is 0.121. The minimum Gasteiger partial charge on any atom is -0.462 e. The van der Waals surface area contributed by atoms with Gasteiger partial charge in [-0.1, -0.05) is 187 Å². The van der Waals surface area contributed by atoms with Gasteiger partial charge in [-0.2, -0.15) is 0 Å². The fourth-order valence-corrected chi connectivity index (χ4v) is 6.84. The maximum atomic E-state index is 12.4. The number of phosphoric ester groups is 1. The molecule has 0 rings (SSSR count). The molecule has 0 fully saturated rings. The monoisotopic (exact) mass is 799 g/mol. The van der Waals surface area contributed by atoms with Crippen molar-refractivity contribution in [1.82, 2.24) is 0 Å². The van der Waals surface area contributed by atoms with E-state index in [0.29, 0.717) is 19.3 Å². The Hall–Kier alpha value is -1.80. The number of hydrogen-bond acceptors (Lipinski definition) is 7. The van der Waals surface area contributed by atoms with E-state index < -0.39 is 32.5 Å². The molecule has 9 nitrogen and oxygen atoms in total. The molecular formula is C45H83O9P. The second kappa shape index (κ2) is 39.0. The third-order valence-corrected chi connectivity index (χ3v) is 10.4. The van der Waals surface area contributed by atoms with E-state index in [9.17, 15) is 18.9 Å². The molecule has 0 aromatic rings. The van der Waals surface area contributed by atoms with Gasteiger partial charge in [-0.15, -0.1) is 0 Å². The van der Waals surface area contributed by atoms with Crippen LogP contribution in [-0.2, 0) is 32.9 Å². The normalized spacial score (nSPS) is 12.6. The zero-order valence-corrected chi connectivity index (χ0v) is 36.4. The van der Waals surface area contributed by atoms with Gasteiger partial charge < -0.3 is 19.3 Å². The van der Waals surface area contributed by atoms with E-state index in [1.165, 1.54) is 116 Å². The van der Waals surface area contributed by atoms with Gasteiger partial charge in [0, 0.05) is 19.3 Å². The van der Waals surface area contributed by atoms with Gasteiger partial charge >= 0.3 is 19.8 Å². The summed E-state index contributed by atoms with van der Waals surface area (Å²) in [6.45, 7) is 5.91. The van der Waals surface area contributed by atoms with Crippen molar-refractivity contribution >= 4 is 25.5 Å². The van der Waals surface area contributed by atoms with E-state index in [0.717, 1.165) is 57.3 Å². The van der Waals surface area contributed by atoms with Gasteiger partial charge in [0.15, 0.2) is 11.9 Å². The summed E-state index contributed by atoms with van der Waals surface area (Å²) in [7, 11) is -4.78. The molecule has 0 aromatic carbocycles.